The lowest BCUT2D eigenvalue weighted by Crippen LogP contribution is -2.44. The molecule has 0 aliphatic rings. The highest BCUT2D eigenvalue weighted by molar-refractivity contribution is 7.53. The number of aromatic nitrogens is 4. The Morgan fingerprint density at radius 2 is 1.51 bits per heavy atom. The van der Waals surface area contributed by atoms with E-state index in [4.69, 9.17) is 18.5 Å². The van der Waals surface area contributed by atoms with Crippen LogP contribution in [0, 0.1) is 0 Å². The van der Waals surface area contributed by atoms with Gasteiger partial charge in [-0.15, -0.1) is 0 Å². The van der Waals surface area contributed by atoms with Crippen LogP contribution < -0.4 is 10.2 Å². The molecular formula is C24H39N6O8P. The van der Waals surface area contributed by atoms with Gasteiger partial charge in [-0.05, 0) is 61.8 Å². The molecule has 0 spiro atoms. The summed E-state index contributed by atoms with van der Waals surface area (Å²) in [7, 11) is -3.19. The maximum absolute atomic E-state index is 13.0. The number of amides is 3. The molecule has 0 fully saturated rings. The van der Waals surface area contributed by atoms with Gasteiger partial charge in [0.2, 0.25) is 5.91 Å². The SMILES string of the molecule is CCOP(=O)(CCCNC(=O)Cn1cnc2c(N(C(=O)OC(C)(C)C)C(=O)OC(C)(C)C)ncnc21)OCC. The molecule has 2 heterocycles. The van der Waals surface area contributed by atoms with Gasteiger partial charge in [0.15, 0.2) is 17.0 Å². The van der Waals surface area contributed by atoms with E-state index in [9.17, 15) is 18.9 Å². The normalized spacial score (nSPS) is 12.3. The van der Waals surface area contributed by atoms with E-state index in [-0.39, 0.29) is 55.4 Å². The molecule has 0 saturated heterocycles. The van der Waals surface area contributed by atoms with Gasteiger partial charge in [0.05, 0.1) is 25.7 Å². The number of carbonyl (C=O) groups is 3. The van der Waals surface area contributed by atoms with Gasteiger partial charge in [-0.3, -0.25) is 9.36 Å². The van der Waals surface area contributed by atoms with Crippen molar-refractivity contribution in [2.45, 2.75) is 79.6 Å². The Hall–Kier alpha value is -3.09. The average Bonchev–Trinajstić information content (AvgIpc) is 3.18. The van der Waals surface area contributed by atoms with Crippen LogP contribution in [0.2, 0.25) is 0 Å². The van der Waals surface area contributed by atoms with Gasteiger partial charge >= 0.3 is 19.8 Å². The summed E-state index contributed by atoms with van der Waals surface area (Å²) >= 11 is 0. The van der Waals surface area contributed by atoms with Crippen LogP contribution in [-0.4, -0.2) is 74.7 Å². The minimum atomic E-state index is -3.19. The lowest BCUT2D eigenvalue weighted by Gasteiger charge is -2.28. The number of anilines is 1. The number of hydrogen-bond acceptors (Lipinski definition) is 11. The minimum Gasteiger partial charge on any atom is -0.443 e. The molecule has 0 atom stereocenters. The summed E-state index contributed by atoms with van der Waals surface area (Å²) in [4.78, 5) is 51.8. The number of rotatable bonds is 11. The van der Waals surface area contributed by atoms with Crippen LogP contribution in [0.15, 0.2) is 12.7 Å². The number of imidazole rings is 1. The predicted octanol–water partition coefficient (Wildman–Crippen LogP) is 4.28. The van der Waals surface area contributed by atoms with Gasteiger partial charge < -0.3 is 28.4 Å². The third kappa shape index (κ3) is 9.86. The highest BCUT2D eigenvalue weighted by Crippen LogP contribution is 2.48. The summed E-state index contributed by atoms with van der Waals surface area (Å²) in [5, 5.41) is 2.75. The molecule has 1 N–H and O–H groups in total. The van der Waals surface area contributed by atoms with Crippen molar-refractivity contribution in [3.05, 3.63) is 12.7 Å². The quantitative estimate of drug-likeness (QED) is 0.303. The molecule has 0 unspecified atom stereocenters. The second-order valence-corrected chi connectivity index (χ2v) is 12.6. The molecule has 2 aromatic heterocycles. The van der Waals surface area contributed by atoms with E-state index in [0.29, 0.717) is 11.3 Å². The zero-order chi connectivity index (χ0) is 29.4. The van der Waals surface area contributed by atoms with E-state index < -0.39 is 31.0 Å². The van der Waals surface area contributed by atoms with Gasteiger partial charge in [-0.25, -0.2) is 24.5 Å². The monoisotopic (exact) mass is 570 g/mol. The summed E-state index contributed by atoms with van der Waals surface area (Å²) < 4.78 is 35.3. The highest BCUT2D eigenvalue weighted by atomic mass is 31.2. The third-order valence-electron chi connectivity index (χ3n) is 4.64. The fourth-order valence-corrected chi connectivity index (χ4v) is 4.95. The van der Waals surface area contributed by atoms with Crippen LogP contribution in [-0.2, 0) is 34.4 Å². The molecule has 0 aromatic carbocycles. The number of fused-ring (bicyclic) bond motifs is 1. The molecule has 39 heavy (non-hydrogen) atoms. The average molecular weight is 571 g/mol. The maximum atomic E-state index is 13.0. The third-order valence-corrected chi connectivity index (χ3v) is 6.81. The fraction of sp³-hybridized carbons (Fsp3) is 0.667. The molecule has 2 aromatic rings. The lowest BCUT2D eigenvalue weighted by molar-refractivity contribution is -0.121. The number of hydrogen-bond donors (Lipinski definition) is 1. The largest absolute Gasteiger partial charge is 0.443 e. The van der Waals surface area contributed by atoms with Crippen molar-refractivity contribution >= 4 is 42.7 Å². The smallest absolute Gasteiger partial charge is 0.425 e. The Labute approximate surface area is 228 Å². The first-order chi connectivity index (χ1) is 18.1. The standard InChI is InChI=1S/C24H39N6O8P/c1-9-35-39(34,36-10-2)13-11-12-25-17(31)14-29-16-28-18-19(29)26-15-27-20(18)30(21(32)37-23(3,4)5)22(33)38-24(6,7)8/h15-16H,9-14H2,1-8H3,(H,25,31). The van der Waals surface area contributed by atoms with E-state index in [1.54, 1.807) is 55.4 Å². The Balaban J connectivity index is 2.21. The van der Waals surface area contributed by atoms with Crippen LogP contribution in [0.3, 0.4) is 0 Å². The van der Waals surface area contributed by atoms with Crippen molar-refractivity contribution in [2.75, 3.05) is 30.8 Å². The summed E-state index contributed by atoms with van der Waals surface area (Å²) in [6.07, 6.45) is 1.06. The van der Waals surface area contributed by atoms with E-state index in [2.05, 4.69) is 20.3 Å². The summed E-state index contributed by atoms with van der Waals surface area (Å²) in [6.45, 7) is 14.1. The maximum Gasteiger partial charge on any atom is 0.425 e. The van der Waals surface area contributed by atoms with Crippen LogP contribution in [0.4, 0.5) is 15.4 Å². The second-order valence-electron chi connectivity index (χ2n) is 10.4. The predicted molar refractivity (Wildman–Crippen MR) is 144 cm³/mol. The second kappa shape index (κ2) is 13.3. The molecule has 2 rings (SSSR count). The molecular weight excluding hydrogens is 531 g/mol. The number of carbonyl (C=O) groups excluding carboxylic acids is 3. The van der Waals surface area contributed by atoms with Gasteiger partial charge in [0.1, 0.15) is 24.1 Å². The van der Waals surface area contributed by atoms with Crippen molar-refractivity contribution in [2.24, 2.45) is 0 Å². The lowest BCUT2D eigenvalue weighted by atomic mass is 10.2. The molecule has 0 saturated carbocycles. The topological polar surface area (TPSA) is 164 Å². The van der Waals surface area contributed by atoms with E-state index in [1.807, 2.05) is 0 Å². The van der Waals surface area contributed by atoms with Crippen LogP contribution in [0.1, 0.15) is 61.8 Å². The minimum absolute atomic E-state index is 0.0939. The van der Waals surface area contributed by atoms with Crippen molar-refractivity contribution in [3.63, 3.8) is 0 Å². The van der Waals surface area contributed by atoms with E-state index in [1.165, 1.54) is 10.9 Å². The molecule has 218 valence electrons. The van der Waals surface area contributed by atoms with Gasteiger partial charge in [-0.2, -0.15) is 4.90 Å². The van der Waals surface area contributed by atoms with Crippen molar-refractivity contribution < 1.29 is 37.5 Å². The zero-order valence-electron chi connectivity index (χ0n) is 23.8. The molecule has 3 amide bonds. The Kier molecular flexibility index (Phi) is 11.0. The number of ether oxygens (including phenoxy) is 2. The van der Waals surface area contributed by atoms with E-state index >= 15 is 0 Å². The number of imide groups is 1. The Morgan fingerprint density at radius 3 is 2.03 bits per heavy atom. The summed E-state index contributed by atoms with van der Waals surface area (Å²) in [5.41, 5.74) is -1.50. The Morgan fingerprint density at radius 1 is 0.949 bits per heavy atom. The molecule has 0 aliphatic heterocycles. The first-order valence-electron chi connectivity index (χ1n) is 12.7. The summed E-state index contributed by atoms with van der Waals surface area (Å²) in [5.74, 6) is -0.501. The zero-order valence-corrected chi connectivity index (χ0v) is 24.7. The van der Waals surface area contributed by atoms with Crippen molar-refractivity contribution in [1.82, 2.24) is 24.8 Å². The van der Waals surface area contributed by atoms with Crippen LogP contribution in [0.5, 0.6) is 0 Å². The summed E-state index contributed by atoms with van der Waals surface area (Å²) in [6, 6.07) is 0. The molecule has 0 radical (unpaired) electrons. The molecule has 0 aliphatic carbocycles. The van der Waals surface area contributed by atoms with Crippen LogP contribution in [0.25, 0.3) is 11.2 Å². The fourth-order valence-electron chi connectivity index (χ4n) is 3.28. The van der Waals surface area contributed by atoms with Crippen LogP contribution >= 0.6 is 7.60 Å². The van der Waals surface area contributed by atoms with Crippen molar-refractivity contribution in [1.29, 1.82) is 0 Å². The number of nitrogens with zero attached hydrogens (tertiary/aromatic N) is 5. The molecule has 15 heteroatoms. The van der Waals surface area contributed by atoms with Crippen molar-refractivity contribution in [3.8, 4) is 0 Å². The van der Waals surface area contributed by atoms with E-state index in [0.717, 1.165) is 6.33 Å². The molecule has 0 bridgehead atoms. The first-order valence-corrected chi connectivity index (χ1v) is 14.4. The van der Waals surface area contributed by atoms with Gasteiger partial charge in [-0.1, -0.05) is 0 Å². The first kappa shape index (κ1) is 32.1. The highest BCUT2D eigenvalue weighted by Gasteiger charge is 2.35. The number of nitrogens with one attached hydrogen (secondary N) is 1. The molecule has 14 nitrogen and oxygen atoms in total. The van der Waals surface area contributed by atoms with Gasteiger partial charge in [0, 0.05) is 6.54 Å². The van der Waals surface area contributed by atoms with Gasteiger partial charge in [0.25, 0.3) is 0 Å². The Bertz CT molecular complexity index is 1170.